The van der Waals surface area contributed by atoms with Gasteiger partial charge in [0, 0.05) is 18.8 Å². The lowest BCUT2D eigenvalue weighted by atomic mass is 9.80. The maximum atomic E-state index is 5.85. The second-order valence-corrected chi connectivity index (χ2v) is 4.55. The lowest BCUT2D eigenvalue weighted by Gasteiger charge is -2.39. The van der Waals surface area contributed by atoms with Crippen LogP contribution in [0.3, 0.4) is 0 Å². The van der Waals surface area contributed by atoms with Gasteiger partial charge in [-0.3, -0.25) is 0 Å². The number of hydrogen-bond donors (Lipinski definition) is 0. The number of ether oxygens (including phenoxy) is 2. The Kier molecular flexibility index (Phi) is 3.66. The lowest BCUT2D eigenvalue weighted by molar-refractivity contribution is -0.213. The molecule has 2 heteroatoms. The molecule has 0 aromatic heterocycles. The second-order valence-electron chi connectivity index (χ2n) is 4.55. The molecule has 1 saturated carbocycles. The molecule has 2 fully saturated rings. The molecule has 1 atom stereocenters. The second kappa shape index (κ2) is 5.01. The summed E-state index contributed by atoms with van der Waals surface area (Å²) in [6, 6.07) is 0. The Morgan fingerprint density at radius 3 is 2.80 bits per heavy atom. The van der Waals surface area contributed by atoms with E-state index < -0.39 is 0 Å². The maximum Gasteiger partial charge on any atom is 0.171 e. The van der Waals surface area contributed by atoms with E-state index >= 15 is 0 Å². The van der Waals surface area contributed by atoms with Gasteiger partial charge in [-0.05, 0) is 25.7 Å². The van der Waals surface area contributed by atoms with Gasteiger partial charge >= 0.3 is 0 Å². The van der Waals surface area contributed by atoms with Crippen LogP contribution >= 0.6 is 0 Å². The summed E-state index contributed by atoms with van der Waals surface area (Å²) >= 11 is 0. The normalized spacial score (nSPS) is 29.1. The largest absolute Gasteiger partial charge is 0.347 e. The summed E-state index contributed by atoms with van der Waals surface area (Å²) in [5, 5.41) is 0. The molecule has 1 spiro atoms. The zero-order chi connectivity index (χ0) is 10.6. The third kappa shape index (κ3) is 2.35. The molecule has 1 heterocycles. The van der Waals surface area contributed by atoms with E-state index in [4.69, 9.17) is 15.9 Å². The summed E-state index contributed by atoms with van der Waals surface area (Å²) in [6.45, 7) is 1.54. The van der Waals surface area contributed by atoms with Gasteiger partial charge < -0.3 is 9.47 Å². The van der Waals surface area contributed by atoms with Crippen LogP contribution in [0.25, 0.3) is 0 Å². The summed E-state index contributed by atoms with van der Waals surface area (Å²) in [4.78, 5) is 0. The van der Waals surface area contributed by atoms with Crippen molar-refractivity contribution in [2.45, 2.75) is 50.7 Å². The highest BCUT2D eigenvalue weighted by atomic mass is 16.7. The van der Waals surface area contributed by atoms with Crippen molar-refractivity contribution in [1.82, 2.24) is 0 Å². The molecule has 2 rings (SSSR count). The van der Waals surface area contributed by atoms with Crippen molar-refractivity contribution < 1.29 is 9.47 Å². The van der Waals surface area contributed by atoms with E-state index in [0.29, 0.717) is 5.92 Å². The molecule has 0 N–H and O–H groups in total. The first-order chi connectivity index (χ1) is 7.37. The number of unbranched alkanes of at least 4 members (excludes halogenated alkanes) is 1. The first-order valence-corrected chi connectivity index (χ1v) is 6.09. The van der Waals surface area contributed by atoms with Gasteiger partial charge in [0.05, 0.1) is 13.2 Å². The average Bonchev–Trinajstić information content (AvgIpc) is 2.71. The highest BCUT2D eigenvalue weighted by Crippen LogP contribution is 2.42. The Balaban J connectivity index is 1.91. The van der Waals surface area contributed by atoms with Crippen LogP contribution in [0.2, 0.25) is 0 Å². The third-order valence-electron chi connectivity index (χ3n) is 3.60. The Hall–Kier alpha value is -0.520. The van der Waals surface area contributed by atoms with E-state index in [-0.39, 0.29) is 5.79 Å². The summed E-state index contributed by atoms with van der Waals surface area (Å²) in [5.74, 6) is 3.05. The summed E-state index contributed by atoms with van der Waals surface area (Å²) < 4.78 is 11.7. The Bertz CT molecular complexity index is 235. The van der Waals surface area contributed by atoms with Crippen molar-refractivity contribution in [2.24, 2.45) is 5.92 Å². The highest BCUT2D eigenvalue weighted by molar-refractivity contribution is 4.89. The van der Waals surface area contributed by atoms with Crippen molar-refractivity contribution in [3.8, 4) is 12.3 Å². The van der Waals surface area contributed by atoms with Gasteiger partial charge in [0.15, 0.2) is 5.79 Å². The highest BCUT2D eigenvalue weighted by Gasteiger charge is 2.45. The van der Waals surface area contributed by atoms with Crippen LogP contribution in [-0.2, 0) is 9.47 Å². The van der Waals surface area contributed by atoms with Crippen molar-refractivity contribution in [1.29, 1.82) is 0 Å². The third-order valence-corrected chi connectivity index (χ3v) is 3.60. The standard InChI is InChI=1S/C13H20O2/c1-2-3-4-7-12-8-5-6-9-13(12)14-10-11-15-13/h1,12H,3-11H2. The summed E-state index contributed by atoms with van der Waals surface area (Å²) in [7, 11) is 0. The fourth-order valence-corrected chi connectivity index (χ4v) is 2.85. The molecule has 1 unspecified atom stereocenters. The van der Waals surface area contributed by atoms with Crippen LogP contribution in [0.15, 0.2) is 0 Å². The SMILES string of the molecule is C#CCCCC1CCCCC12OCCO2. The molecule has 2 aliphatic rings. The lowest BCUT2D eigenvalue weighted by Crippen LogP contribution is -2.41. The van der Waals surface area contributed by atoms with Crippen molar-refractivity contribution >= 4 is 0 Å². The van der Waals surface area contributed by atoms with E-state index in [1.54, 1.807) is 0 Å². The van der Waals surface area contributed by atoms with Crippen molar-refractivity contribution in [3.05, 3.63) is 0 Å². The fraction of sp³-hybridized carbons (Fsp3) is 0.846. The van der Waals surface area contributed by atoms with E-state index in [9.17, 15) is 0 Å². The molecule has 1 saturated heterocycles. The van der Waals surface area contributed by atoms with Crippen LogP contribution in [0.5, 0.6) is 0 Å². The monoisotopic (exact) mass is 208 g/mol. The Morgan fingerprint density at radius 2 is 2.07 bits per heavy atom. The van der Waals surface area contributed by atoms with Crippen LogP contribution in [0.4, 0.5) is 0 Å². The molecule has 0 aromatic carbocycles. The first kappa shape index (κ1) is 11.0. The predicted molar refractivity (Wildman–Crippen MR) is 59.3 cm³/mol. The van der Waals surface area contributed by atoms with Crippen LogP contribution < -0.4 is 0 Å². The van der Waals surface area contributed by atoms with Gasteiger partial charge in [0.25, 0.3) is 0 Å². The van der Waals surface area contributed by atoms with E-state index in [0.717, 1.165) is 38.9 Å². The number of hydrogen-bond acceptors (Lipinski definition) is 2. The minimum Gasteiger partial charge on any atom is -0.347 e. The number of rotatable bonds is 3. The van der Waals surface area contributed by atoms with Gasteiger partial charge in [0.1, 0.15) is 0 Å². The van der Waals surface area contributed by atoms with Gasteiger partial charge in [-0.15, -0.1) is 12.3 Å². The van der Waals surface area contributed by atoms with Crippen molar-refractivity contribution in [3.63, 3.8) is 0 Å². The van der Waals surface area contributed by atoms with Crippen LogP contribution in [0, 0.1) is 18.3 Å². The van der Waals surface area contributed by atoms with E-state index in [1.165, 1.54) is 19.3 Å². The maximum absolute atomic E-state index is 5.85. The van der Waals surface area contributed by atoms with E-state index in [2.05, 4.69) is 5.92 Å². The fourth-order valence-electron chi connectivity index (χ4n) is 2.85. The van der Waals surface area contributed by atoms with E-state index in [1.807, 2.05) is 0 Å². The molecule has 1 aliphatic heterocycles. The molecule has 2 nitrogen and oxygen atoms in total. The topological polar surface area (TPSA) is 18.5 Å². The molecule has 0 radical (unpaired) electrons. The quantitative estimate of drug-likeness (QED) is 0.524. The van der Waals surface area contributed by atoms with Gasteiger partial charge in [-0.2, -0.15) is 0 Å². The minimum absolute atomic E-state index is 0.229. The smallest absolute Gasteiger partial charge is 0.171 e. The Labute approximate surface area is 92.3 Å². The molecular formula is C13H20O2. The molecule has 15 heavy (non-hydrogen) atoms. The van der Waals surface area contributed by atoms with Crippen LogP contribution in [0.1, 0.15) is 44.9 Å². The summed E-state index contributed by atoms with van der Waals surface area (Å²) in [5.41, 5.74) is 0. The molecule has 1 aliphatic carbocycles. The molecule has 0 bridgehead atoms. The molecular weight excluding hydrogens is 188 g/mol. The van der Waals surface area contributed by atoms with Gasteiger partial charge in [-0.1, -0.05) is 6.42 Å². The molecule has 0 amide bonds. The van der Waals surface area contributed by atoms with Crippen molar-refractivity contribution in [2.75, 3.05) is 13.2 Å². The van der Waals surface area contributed by atoms with Gasteiger partial charge in [-0.25, -0.2) is 0 Å². The molecule has 84 valence electrons. The summed E-state index contributed by atoms with van der Waals surface area (Å²) in [6.07, 6.45) is 13.3. The minimum atomic E-state index is -0.229. The molecule has 0 aromatic rings. The Morgan fingerprint density at radius 1 is 1.27 bits per heavy atom. The predicted octanol–water partition coefficient (Wildman–Crippen LogP) is 2.72. The zero-order valence-corrected chi connectivity index (χ0v) is 9.34. The van der Waals surface area contributed by atoms with Gasteiger partial charge in [0.2, 0.25) is 0 Å². The number of terminal acetylenes is 1. The first-order valence-electron chi connectivity index (χ1n) is 6.09. The van der Waals surface area contributed by atoms with Crippen LogP contribution in [-0.4, -0.2) is 19.0 Å². The zero-order valence-electron chi connectivity index (χ0n) is 9.34. The average molecular weight is 208 g/mol.